The van der Waals surface area contributed by atoms with Crippen LogP contribution in [0.3, 0.4) is 0 Å². The molecule has 2 aromatic rings. The highest BCUT2D eigenvalue weighted by molar-refractivity contribution is 5.77. The van der Waals surface area contributed by atoms with Crippen LogP contribution in [-0.2, 0) is 0 Å². The van der Waals surface area contributed by atoms with Crippen LogP contribution in [0.5, 0.6) is 0 Å². The smallest absolute Gasteiger partial charge is 0.298 e. The fourth-order valence-corrected chi connectivity index (χ4v) is 1.53. The first-order chi connectivity index (χ1) is 7.22. The number of hydrogen-bond acceptors (Lipinski definition) is 4. The molecule has 0 amide bonds. The molecule has 2 rings (SSSR count). The van der Waals surface area contributed by atoms with Gasteiger partial charge in [0.25, 0.3) is 6.01 Å². The normalized spacial score (nSPS) is 10.9. The minimum atomic E-state index is 0.591. The Balaban J connectivity index is 2.43. The highest BCUT2D eigenvalue weighted by Gasteiger charge is 2.10. The van der Waals surface area contributed by atoms with E-state index < -0.39 is 0 Å². The molecule has 0 aliphatic heterocycles. The van der Waals surface area contributed by atoms with Gasteiger partial charge < -0.3 is 15.1 Å². The number of aryl methyl sites for hydroxylation is 1. The largest absolute Gasteiger partial charge is 0.423 e. The molecule has 0 unspecified atom stereocenters. The fraction of sp³-hybridized carbons (Fsp3) is 0.364. The van der Waals surface area contributed by atoms with E-state index in [1.54, 1.807) is 0 Å². The lowest BCUT2D eigenvalue weighted by molar-refractivity contribution is 0.584. The molecule has 0 aliphatic rings. The van der Waals surface area contributed by atoms with Crippen molar-refractivity contribution in [2.75, 3.05) is 25.0 Å². The molecule has 1 aromatic carbocycles. The maximum Gasteiger partial charge on any atom is 0.298 e. The molecular formula is C11H15N3O. The standard InChI is InChI=1S/C11H15N3O/c1-8-4-3-5-9-10(8)13-11(15-9)14(2)7-6-12/h3-5H,6-7,12H2,1-2H3. The summed E-state index contributed by atoms with van der Waals surface area (Å²) in [6.45, 7) is 3.36. The van der Waals surface area contributed by atoms with Crippen molar-refractivity contribution in [3.05, 3.63) is 23.8 Å². The predicted octanol–water partition coefficient (Wildman–Crippen LogP) is 1.53. The Morgan fingerprint density at radius 1 is 1.47 bits per heavy atom. The third kappa shape index (κ3) is 1.80. The molecule has 0 saturated heterocycles. The predicted molar refractivity (Wildman–Crippen MR) is 61.1 cm³/mol. The Labute approximate surface area is 88.7 Å². The van der Waals surface area contributed by atoms with Gasteiger partial charge in [-0.2, -0.15) is 4.98 Å². The minimum Gasteiger partial charge on any atom is -0.423 e. The SMILES string of the molecule is Cc1cccc2oc(N(C)CCN)nc12. The lowest BCUT2D eigenvalue weighted by Crippen LogP contribution is -2.25. The molecule has 2 N–H and O–H groups in total. The number of fused-ring (bicyclic) bond motifs is 1. The van der Waals surface area contributed by atoms with E-state index in [2.05, 4.69) is 4.98 Å². The van der Waals surface area contributed by atoms with Crippen LogP contribution in [0.15, 0.2) is 22.6 Å². The summed E-state index contributed by atoms with van der Waals surface area (Å²) in [6, 6.07) is 6.55. The maximum absolute atomic E-state index is 5.62. The van der Waals surface area contributed by atoms with Gasteiger partial charge in [-0.3, -0.25) is 0 Å². The number of hydrogen-bond donors (Lipinski definition) is 1. The van der Waals surface area contributed by atoms with E-state index in [0.717, 1.165) is 23.2 Å². The Bertz CT molecular complexity index is 464. The zero-order chi connectivity index (χ0) is 10.8. The highest BCUT2D eigenvalue weighted by atomic mass is 16.4. The first-order valence-corrected chi connectivity index (χ1v) is 4.99. The second-order valence-electron chi connectivity index (χ2n) is 3.63. The van der Waals surface area contributed by atoms with Gasteiger partial charge in [-0.15, -0.1) is 0 Å². The summed E-state index contributed by atoms with van der Waals surface area (Å²) in [5.74, 6) is 0. The zero-order valence-electron chi connectivity index (χ0n) is 9.03. The van der Waals surface area contributed by atoms with E-state index in [0.29, 0.717) is 12.6 Å². The summed E-state index contributed by atoms with van der Waals surface area (Å²) in [7, 11) is 1.92. The van der Waals surface area contributed by atoms with E-state index in [1.165, 1.54) is 0 Å². The van der Waals surface area contributed by atoms with Crippen molar-refractivity contribution >= 4 is 17.1 Å². The van der Waals surface area contributed by atoms with E-state index in [-0.39, 0.29) is 0 Å². The van der Waals surface area contributed by atoms with E-state index in [4.69, 9.17) is 10.2 Å². The lowest BCUT2D eigenvalue weighted by atomic mass is 10.2. The summed E-state index contributed by atoms with van der Waals surface area (Å²) < 4.78 is 5.62. The Morgan fingerprint density at radius 3 is 2.93 bits per heavy atom. The molecular weight excluding hydrogens is 190 g/mol. The summed E-state index contributed by atoms with van der Waals surface area (Å²) in [5, 5.41) is 0. The van der Waals surface area contributed by atoms with Crippen LogP contribution in [0.2, 0.25) is 0 Å². The molecule has 0 radical (unpaired) electrons. The molecule has 4 heteroatoms. The molecule has 0 atom stereocenters. The van der Waals surface area contributed by atoms with Crippen molar-refractivity contribution < 1.29 is 4.42 Å². The summed E-state index contributed by atoms with van der Waals surface area (Å²) in [4.78, 5) is 6.35. The molecule has 15 heavy (non-hydrogen) atoms. The van der Waals surface area contributed by atoms with E-state index in [9.17, 15) is 0 Å². The summed E-state index contributed by atoms with van der Waals surface area (Å²) in [6.07, 6.45) is 0. The van der Waals surface area contributed by atoms with E-state index in [1.807, 2.05) is 37.1 Å². The van der Waals surface area contributed by atoms with Crippen LogP contribution < -0.4 is 10.6 Å². The van der Waals surface area contributed by atoms with Gasteiger partial charge in [-0.1, -0.05) is 12.1 Å². The number of nitrogens with two attached hydrogens (primary N) is 1. The molecule has 1 aromatic heterocycles. The van der Waals surface area contributed by atoms with Crippen molar-refractivity contribution in [1.29, 1.82) is 0 Å². The summed E-state index contributed by atoms with van der Waals surface area (Å²) in [5.41, 5.74) is 8.36. The topological polar surface area (TPSA) is 55.3 Å². The van der Waals surface area contributed by atoms with Gasteiger partial charge in [0.1, 0.15) is 5.52 Å². The number of aromatic nitrogens is 1. The molecule has 1 heterocycles. The second-order valence-corrected chi connectivity index (χ2v) is 3.63. The highest BCUT2D eigenvalue weighted by Crippen LogP contribution is 2.23. The van der Waals surface area contributed by atoms with Gasteiger partial charge in [-0.05, 0) is 18.6 Å². The summed E-state index contributed by atoms with van der Waals surface area (Å²) >= 11 is 0. The van der Waals surface area contributed by atoms with E-state index >= 15 is 0 Å². The van der Waals surface area contributed by atoms with Gasteiger partial charge in [-0.25, -0.2) is 0 Å². The molecule has 0 aliphatic carbocycles. The Kier molecular flexibility index (Phi) is 2.60. The third-order valence-electron chi connectivity index (χ3n) is 2.40. The molecule has 0 fully saturated rings. The van der Waals surface area contributed by atoms with Gasteiger partial charge in [0.05, 0.1) is 0 Å². The Hall–Kier alpha value is -1.55. The number of oxazole rings is 1. The molecule has 80 valence electrons. The minimum absolute atomic E-state index is 0.591. The van der Waals surface area contributed by atoms with Crippen LogP contribution in [0.1, 0.15) is 5.56 Å². The zero-order valence-corrected chi connectivity index (χ0v) is 9.03. The van der Waals surface area contributed by atoms with Gasteiger partial charge in [0.2, 0.25) is 0 Å². The van der Waals surface area contributed by atoms with Gasteiger partial charge in [0.15, 0.2) is 5.58 Å². The average molecular weight is 205 g/mol. The van der Waals surface area contributed by atoms with Crippen molar-refractivity contribution in [1.82, 2.24) is 4.98 Å². The number of rotatable bonds is 3. The fourth-order valence-electron chi connectivity index (χ4n) is 1.53. The third-order valence-corrected chi connectivity index (χ3v) is 2.40. The molecule has 0 saturated carbocycles. The molecule has 0 spiro atoms. The maximum atomic E-state index is 5.62. The number of nitrogens with zero attached hydrogens (tertiary/aromatic N) is 2. The first-order valence-electron chi connectivity index (χ1n) is 4.99. The van der Waals surface area contributed by atoms with Crippen LogP contribution in [0.25, 0.3) is 11.1 Å². The number of anilines is 1. The van der Waals surface area contributed by atoms with Crippen molar-refractivity contribution in [2.24, 2.45) is 5.73 Å². The quantitative estimate of drug-likeness (QED) is 0.825. The number of benzene rings is 1. The monoisotopic (exact) mass is 205 g/mol. The van der Waals surface area contributed by atoms with Gasteiger partial charge in [0, 0.05) is 20.1 Å². The second kappa shape index (κ2) is 3.90. The molecule has 0 bridgehead atoms. The lowest BCUT2D eigenvalue weighted by Gasteiger charge is -2.11. The van der Waals surface area contributed by atoms with Crippen molar-refractivity contribution in [3.63, 3.8) is 0 Å². The van der Waals surface area contributed by atoms with Crippen LogP contribution in [0.4, 0.5) is 6.01 Å². The molecule has 4 nitrogen and oxygen atoms in total. The van der Waals surface area contributed by atoms with Crippen LogP contribution in [-0.4, -0.2) is 25.1 Å². The average Bonchev–Trinajstić information content (AvgIpc) is 2.63. The Morgan fingerprint density at radius 2 is 2.27 bits per heavy atom. The first kappa shape index (κ1) is 9.98. The van der Waals surface area contributed by atoms with Crippen molar-refractivity contribution in [3.8, 4) is 0 Å². The van der Waals surface area contributed by atoms with Gasteiger partial charge >= 0.3 is 0 Å². The van der Waals surface area contributed by atoms with Crippen LogP contribution in [0, 0.1) is 6.92 Å². The number of likely N-dealkylation sites (N-methyl/N-ethyl adjacent to an activating group) is 1. The number of para-hydroxylation sites is 1. The van der Waals surface area contributed by atoms with Crippen molar-refractivity contribution in [2.45, 2.75) is 6.92 Å². The van der Waals surface area contributed by atoms with Crippen LogP contribution >= 0.6 is 0 Å².